The fraction of sp³-hybridized carbons (Fsp3) is 0.938. The zero-order chi connectivity index (χ0) is 13.7. The van der Waals surface area contributed by atoms with Crippen LogP contribution < -0.4 is 5.32 Å². The first-order chi connectivity index (χ1) is 9.17. The first-order valence-corrected chi connectivity index (χ1v) is 8.10. The van der Waals surface area contributed by atoms with Crippen LogP contribution in [0.4, 0.5) is 0 Å². The molecule has 1 saturated heterocycles. The van der Waals surface area contributed by atoms with Gasteiger partial charge in [0.1, 0.15) is 5.54 Å². The van der Waals surface area contributed by atoms with Gasteiger partial charge in [-0.15, -0.1) is 0 Å². The summed E-state index contributed by atoms with van der Waals surface area (Å²) in [5, 5.41) is 12.9. The lowest BCUT2D eigenvalue weighted by molar-refractivity contribution is 0.138. The summed E-state index contributed by atoms with van der Waals surface area (Å²) in [5.41, 5.74) is -0.307. The summed E-state index contributed by atoms with van der Waals surface area (Å²) < 4.78 is 0. The molecule has 2 fully saturated rings. The van der Waals surface area contributed by atoms with Crippen LogP contribution in [0.2, 0.25) is 0 Å². The van der Waals surface area contributed by atoms with Crippen molar-refractivity contribution in [2.45, 2.75) is 82.8 Å². The Labute approximate surface area is 118 Å². The normalized spacial score (nSPS) is 27.7. The highest BCUT2D eigenvalue weighted by molar-refractivity contribution is 5.07. The highest BCUT2D eigenvalue weighted by Crippen LogP contribution is 2.25. The summed E-state index contributed by atoms with van der Waals surface area (Å²) in [7, 11) is 0. The third kappa shape index (κ3) is 4.47. The minimum atomic E-state index is -0.307. The minimum absolute atomic E-state index is 0.307. The molecule has 19 heavy (non-hydrogen) atoms. The molecule has 0 aromatic carbocycles. The van der Waals surface area contributed by atoms with Crippen LogP contribution in [-0.4, -0.2) is 35.6 Å². The van der Waals surface area contributed by atoms with E-state index in [1.807, 2.05) is 0 Å². The fourth-order valence-corrected chi connectivity index (χ4v) is 3.29. The van der Waals surface area contributed by atoms with Gasteiger partial charge in [0, 0.05) is 12.1 Å². The average molecular weight is 263 g/mol. The Hall–Kier alpha value is -0.590. The van der Waals surface area contributed by atoms with Crippen molar-refractivity contribution in [3.63, 3.8) is 0 Å². The molecule has 1 N–H and O–H groups in total. The smallest absolute Gasteiger partial charge is 0.104 e. The van der Waals surface area contributed by atoms with Gasteiger partial charge < -0.3 is 4.90 Å². The maximum absolute atomic E-state index is 9.37. The number of likely N-dealkylation sites (tertiary alicyclic amines) is 1. The SMILES string of the molecule is CCC1CCCCN1CCCC(C)(C#N)NC1CC1. The molecule has 0 aromatic rings. The zero-order valence-electron chi connectivity index (χ0n) is 12.6. The highest BCUT2D eigenvalue weighted by atomic mass is 15.2. The molecule has 1 aliphatic heterocycles. The number of nitrogens with one attached hydrogen (secondary N) is 1. The van der Waals surface area contributed by atoms with Gasteiger partial charge in [-0.3, -0.25) is 5.32 Å². The maximum atomic E-state index is 9.37. The van der Waals surface area contributed by atoms with Crippen molar-refractivity contribution in [2.75, 3.05) is 13.1 Å². The van der Waals surface area contributed by atoms with Gasteiger partial charge in [-0.25, -0.2) is 0 Å². The second-order valence-corrected chi connectivity index (χ2v) is 6.56. The first kappa shape index (κ1) is 14.8. The maximum Gasteiger partial charge on any atom is 0.104 e. The minimum Gasteiger partial charge on any atom is -0.300 e. The van der Waals surface area contributed by atoms with Crippen LogP contribution in [0.3, 0.4) is 0 Å². The lowest BCUT2D eigenvalue weighted by Crippen LogP contribution is -2.44. The average Bonchev–Trinajstić information content (AvgIpc) is 3.23. The lowest BCUT2D eigenvalue weighted by atomic mass is 9.95. The van der Waals surface area contributed by atoms with Gasteiger partial charge in [0.25, 0.3) is 0 Å². The summed E-state index contributed by atoms with van der Waals surface area (Å²) in [4.78, 5) is 2.65. The third-order valence-corrected chi connectivity index (χ3v) is 4.69. The largest absolute Gasteiger partial charge is 0.300 e. The molecule has 0 bridgehead atoms. The molecule has 2 atom stereocenters. The van der Waals surface area contributed by atoms with Gasteiger partial charge in [0.2, 0.25) is 0 Å². The van der Waals surface area contributed by atoms with E-state index in [0.717, 1.165) is 18.9 Å². The fourth-order valence-electron chi connectivity index (χ4n) is 3.29. The molecule has 1 aliphatic carbocycles. The van der Waals surface area contributed by atoms with Crippen molar-refractivity contribution in [2.24, 2.45) is 0 Å². The molecule has 3 nitrogen and oxygen atoms in total. The van der Waals surface area contributed by atoms with Gasteiger partial charge in [-0.05, 0) is 65.0 Å². The van der Waals surface area contributed by atoms with Gasteiger partial charge in [0.05, 0.1) is 6.07 Å². The zero-order valence-corrected chi connectivity index (χ0v) is 12.6. The molecule has 0 aromatic heterocycles. The number of nitriles is 1. The number of nitrogens with zero attached hydrogens (tertiary/aromatic N) is 2. The van der Waals surface area contributed by atoms with E-state index < -0.39 is 0 Å². The second-order valence-electron chi connectivity index (χ2n) is 6.56. The summed E-state index contributed by atoms with van der Waals surface area (Å²) in [5.74, 6) is 0. The van der Waals surface area contributed by atoms with E-state index in [-0.39, 0.29) is 5.54 Å². The van der Waals surface area contributed by atoms with Gasteiger partial charge >= 0.3 is 0 Å². The third-order valence-electron chi connectivity index (χ3n) is 4.69. The van der Waals surface area contributed by atoms with E-state index in [4.69, 9.17) is 0 Å². The van der Waals surface area contributed by atoms with Gasteiger partial charge in [-0.2, -0.15) is 5.26 Å². The van der Waals surface area contributed by atoms with E-state index in [2.05, 4.69) is 30.1 Å². The Balaban J connectivity index is 1.73. The van der Waals surface area contributed by atoms with Crippen LogP contribution in [0.5, 0.6) is 0 Å². The van der Waals surface area contributed by atoms with Crippen LogP contribution in [0.1, 0.15) is 65.2 Å². The Bertz CT molecular complexity index is 318. The Morgan fingerprint density at radius 1 is 1.32 bits per heavy atom. The van der Waals surface area contributed by atoms with Crippen molar-refractivity contribution in [3.8, 4) is 6.07 Å². The number of hydrogen-bond donors (Lipinski definition) is 1. The number of rotatable bonds is 7. The van der Waals surface area contributed by atoms with Crippen molar-refractivity contribution in [3.05, 3.63) is 0 Å². The molecular weight excluding hydrogens is 234 g/mol. The highest BCUT2D eigenvalue weighted by Gasteiger charge is 2.32. The summed E-state index contributed by atoms with van der Waals surface area (Å²) >= 11 is 0. The van der Waals surface area contributed by atoms with Crippen molar-refractivity contribution < 1.29 is 0 Å². The number of piperidine rings is 1. The summed E-state index contributed by atoms with van der Waals surface area (Å²) in [6.45, 7) is 6.80. The molecular formula is C16H29N3. The van der Waals surface area contributed by atoms with Crippen molar-refractivity contribution >= 4 is 0 Å². The summed E-state index contributed by atoms with van der Waals surface area (Å²) in [6.07, 6.45) is 10.0. The van der Waals surface area contributed by atoms with Crippen molar-refractivity contribution in [1.82, 2.24) is 10.2 Å². The molecule has 2 unspecified atom stereocenters. The monoisotopic (exact) mass is 263 g/mol. The molecule has 0 radical (unpaired) electrons. The van der Waals surface area contributed by atoms with Crippen LogP contribution >= 0.6 is 0 Å². The van der Waals surface area contributed by atoms with E-state index in [0.29, 0.717) is 6.04 Å². The summed E-state index contributed by atoms with van der Waals surface area (Å²) in [6, 6.07) is 3.89. The molecule has 3 heteroatoms. The lowest BCUT2D eigenvalue weighted by Gasteiger charge is -2.36. The van der Waals surface area contributed by atoms with Crippen molar-refractivity contribution in [1.29, 1.82) is 5.26 Å². The van der Waals surface area contributed by atoms with Gasteiger partial charge in [0.15, 0.2) is 0 Å². The Morgan fingerprint density at radius 2 is 2.11 bits per heavy atom. The van der Waals surface area contributed by atoms with Crippen LogP contribution in [-0.2, 0) is 0 Å². The standard InChI is InChI=1S/C16H29N3/c1-3-15-7-4-5-11-19(15)12-6-10-16(2,13-17)18-14-8-9-14/h14-15,18H,3-12H2,1-2H3. The van der Waals surface area contributed by atoms with E-state index in [9.17, 15) is 5.26 Å². The Morgan fingerprint density at radius 3 is 2.74 bits per heavy atom. The van der Waals surface area contributed by atoms with Gasteiger partial charge in [-0.1, -0.05) is 13.3 Å². The van der Waals surface area contributed by atoms with Crippen LogP contribution in [0.25, 0.3) is 0 Å². The molecule has 1 heterocycles. The molecule has 0 spiro atoms. The molecule has 2 aliphatic rings. The molecule has 0 amide bonds. The first-order valence-electron chi connectivity index (χ1n) is 8.10. The van der Waals surface area contributed by atoms with E-state index in [1.165, 1.54) is 51.6 Å². The van der Waals surface area contributed by atoms with Crippen LogP contribution in [0.15, 0.2) is 0 Å². The predicted octanol–water partition coefficient (Wildman–Crippen LogP) is 3.07. The quantitative estimate of drug-likeness (QED) is 0.767. The topological polar surface area (TPSA) is 39.1 Å². The van der Waals surface area contributed by atoms with E-state index >= 15 is 0 Å². The molecule has 2 rings (SSSR count). The van der Waals surface area contributed by atoms with E-state index in [1.54, 1.807) is 0 Å². The number of hydrogen-bond acceptors (Lipinski definition) is 3. The Kier molecular flexibility index (Phi) is 5.24. The predicted molar refractivity (Wildman–Crippen MR) is 78.9 cm³/mol. The molecule has 1 saturated carbocycles. The second kappa shape index (κ2) is 6.72. The molecule has 108 valence electrons. The van der Waals surface area contributed by atoms with Crippen LogP contribution in [0, 0.1) is 11.3 Å².